The number of fused-ring (bicyclic) bond motifs is 1. The van der Waals surface area contributed by atoms with Crippen LogP contribution in [0.5, 0.6) is 11.5 Å². The Labute approximate surface area is 146 Å². The SMILES string of the molecule is CC.CN1CCC2CCCC(O)(O)C21.COc1ccccc1OC. The highest BCUT2D eigenvalue weighted by molar-refractivity contribution is 5.39. The minimum absolute atomic E-state index is 0.00810. The normalized spacial score (nSPS) is 24.6. The van der Waals surface area contributed by atoms with E-state index < -0.39 is 5.79 Å². The van der Waals surface area contributed by atoms with Crippen molar-refractivity contribution in [2.24, 2.45) is 5.92 Å². The molecule has 0 spiro atoms. The fourth-order valence-corrected chi connectivity index (χ4v) is 3.62. The maximum absolute atomic E-state index is 9.73. The Hall–Kier alpha value is -1.30. The van der Waals surface area contributed by atoms with Crippen molar-refractivity contribution in [1.82, 2.24) is 4.90 Å². The largest absolute Gasteiger partial charge is 0.493 e. The van der Waals surface area contributed by atoms with Crippen molar-refractivity contribution < 1.29 is 19.7 Å². The molecule has 2 unspecified atom stereocenters. The molecule has 1 aliphatic carbocycles. The Kier molecular flexibility index (Phi) is 8.53. The second-order valence-electron chi connectivity index (χ2n) is 6.10. The van der Waals surface area contributed by atoms with E-state index in [4.69, 9.17) is 9.47 Å². The molecule has 24 heavy (non-hydrogen) atoms. The number of aliphatic hydroxyl groups is 2. The number of likely N-dealkylation sites (tertiary alicyclic amines) is 1. The van der Waals surface area contributed by atoms with Crippen molar-refractivity contribution >= 4 is 0 Å². The van der Waals surface area contributed by atoms with Gasteiger partial charge in [0.2, 0.25) is 0 Å². The van der Waals surface area contributed by atoms with Gasteiger partial charge in [-0.3, -0.25) is 4.90 Å². The minimum Gasteiger partial charge on any atom is -0.493 e. The number of hydrogen-bond donors (Lipinski definition) is 2. The summed E-state index contributed by atoms with van der Waals surface area (Å²) in [5.41, 5.74) is 0. The van der Waals surface area contributed by atoms with Gasteiger partial charge in [-0.25, -0.2) is 0 Å². The monoisotopic (exact) mass is 339 g/mol. The molecule has 5 nitrogen and oxygen atoms in total. The highest BCUT2D eigenvalue weighted by atomic mass is 16.5. The van der Waals surface area contributed by atoms with Crippen molar-refractivity contribution in [1.29, 1.82) is 0 Å². The van der Waals surface area contributed by atoms with Crippen molar-refractivity contribution in [3.05, 3.63) is 24.3 Å². The summed E-state index contributed by atoms with van der Waals surface area (Å²) in [5, 5.41) is 19.5. The zero-order valence-corrected chi connectivity index (χ0v) is 15.7. The summed E-state index contributed by atoms with van der Waals surface area (Å²) in [6.45, 7) is 5.01. The van der Waals surface area contributed by atoms with E-state index in [1.807, 2.05) is 45.2 Å². The van der Waals surface area contributed by atoms with Gasteiger partial charge in [0.25, 0.3) is 0 Å². The van der Waals surface area contributed by atoms with E-state index in [2.05, 4.69) is 4.90 Å². The van der Waals surface area contributed by atoms with Crippen LogP contribution < -0.4 is 9.47 Å². The number of rotatable bonds is 2. The van der Waals surface area contributed by atoms with Crippen LogP contribution in [0.25, 0.3) is 0 Å². The number of nitrogens with zero attached hydrogens (tertiary/aromatic N) is 1. The molecule has 1 saturated heterocycles. The van der Waals surface area contributed by atoms with Crippen molar-refractivity contribution in [2.45, 2.75) is 51.4 Å². The van der Waals surface area contributed by atoms with Crippen molar-refractivity contribution in [2.75, 3.05) is 27.8 Å². The molecule has 0 aromatic heterocycles. The summed E-state index contributed by atoms with van der Waals surface area (Å²) < 4.78 is 10.0. The Morgan fingerprint density at radius 3 is 2.04 bits per heavy atom. The van der Waals surface area contributed by atoms with Crippen LogP contribution in [0.4, 0.5) is 0 Å². The van der Waals surface area contributed by atoms with Gasteiger partial charge in [0.05, 0.1) is 20.3 Å². The molecule has 2 aliphatic rings. The molecule has 1 aromatic carbocycles. The summed E-state index contributed by atoms with van der Waals surface area (Å²) in [4.78, 5) is 2.09. The number of methoxy groups -OCH3 is 2. The summed E-state index contributed by atoms with van der Waals surface area (Å²) in [7, 11) is 5.23. The second kappa shape index (κ2) is 9.87. The molecule has 1 aliphatic heterocycles. The zero-order chi connectivity index (χ0) is 18.2. The summed E-state index contributed by atoms with van der Waals surface area (Å²) in [5.74, 6) is 0.627. The third-order valence-electron chi connectivity index (χ3n) is 4.66. The molecule has 1 heterocycles. The molecule has 1 aromatic rings. The first-order valence-corrected chi connectivity index (χ1v) is 8.81. The molecule has 0 amide bonds. The van der Waals surface area contributed by atoms with Crippen LogP contribution in [0.3, 0.4) is 0 Å². The van der Waals surface area contributed by atoms with Gasteiger partial charge in [0, 0.05) is 6.42 Å². The number of benzene rings is 1. The number of likely N-dealkylation sites (N-methyl/N-ethyl adjacent to an activating group) is 1. The third-order valence-corrected chi connectivity index (χ3v) is 4.66. The molecule has 2 N–H and O–H groups in total. The van der Waals surface area contributed by atoms with Gasteiger partial charge >= 0.3 is 0 Å². The van der Waals surface area contributed by atoms with Gasteiger partial charge in [0.15, 0.2) is 17.3 Å². The van der Waals surface area contributed by atoms with Crippen LogP contribution >= 0.6 is 0 Å². The predicted molar refractivity (Wildman–Crippen MR) is 96.4 cm³/mol. The van der Waals surface area contributed by atoms with E-state index in [0.29, 0.717) is 12.3 Å². The molecule has 2 fully saturated rings. The van der Waals surface area contributed by atoms with E-state index in [1.165, 1.54) is 0 Å². The van der Waals surface area contributed by atoms with Gasteiger partial charge in [0.1, 0.15) is 0 Å². The summed E-state index contributed by atoms with van der Waals surface area (Å²) >= 11 is 0. The standard InChI is InChI=1S/C9H17NO2.C8H10O2.C2H6/c1-10-6-4-7-3-2-5-9(11,12)8(7)10;1-9-7-5-3-4-6-8(7)10-2;1-2/h7-8,11-12H,2-6H2,1H3;3-6H,1-2H3;1-2H3. The molecule has 0 radical (unpaired) electrons. The molecular formula is C19H33NO4. The third kappa shape index (κ3) is 5.10. The lowest BCUT2D eigenvalue weighted by Gasteiger charge is -2.40. The lowest BCUT2D eigenvalue weighted by Crippen LogP contribution is -2.53. The lowest BCUT2D eigenvalue weighted by molar-refractivity contribution is -0.222. The second-order valence-corrected chi connectivity index (χ2v) is 6.10. The highest BCUT2D eigenvalue weighted by Gasteiger charge is 2.48. The molecule has 3 rings (SSSR count). The average Bonchev–Trinajstić information content (AvgIpc) is 2.99. The summed E-state index contributed by atoms with van der Waals surface area (Å²) in [6, 6.07) is 7.52. The molecule has 5 heteroatoms. The van der Waals surface area contributed by atoms with Gasteiger partial charge in [-0.15, -0.1) is 0 Å². The highest BCUT2D eigenvalue weighted by Crippen LogP contribution is 2.39. The molecule has 138 valence electrons. The smallest absolute Gasteiger partial charge is 0.178 e. The lowest BCUT2D eigenvalue weighted by atomic mass is 9.81. The van der Waals surface area contributed by atoms with Crippen molar-refractivity contribution in [3.63, 3.8) is 0 Å². The van der Waals surface area contributed by atoms with Crippen LogP contribution in [-0.4, -0.2) is 54.8 Å². The first-order valence-electron chi connectivity index (χ1n) is 8.81. The van der Waals surface area contributed by atoms with E-state index in [0.717, 1.165) is 37.3 Å². The van der Waals surface area contributed by atoms with Gasteiger partial charge in [-0.2, -0.15) is 0 Å². The first-order chi connectivity index (χ1) is 11.5. The molecule has 1 saturated carbocycles. The molecule has 2 atom stereocenters. The van der Waals surface area contributed by atoms with Crippen LogP contribution in [0.15, 0.2) is 24.3 Å². The Morgan fingerprint density at radius 1 is 1.04 bits per heavy atom. The fourth-order valence-electron chi connectivity index (χ4n) is 3.62. The fraction of sp³-hybridized carbons (Fsp3) is 0.684. The van der Waals surface area contributed by atoms with E-state index in [1.54, 1.807) is 14.2 Å². The Bertz CT molecular complexity index is 453. The minimum atomic E-state index is -1.42. The molecule has 0 bridgehead atoms. The van der Waals surface area contributed by atoms with Crippen LogP contribution in [0.2, 0.25) is 0 Å². The zero-order valence-electron chi connectivity index (χ0n) is 15.7. The number of para-hydroxylation sites is 2. The van der Waals surface area contributed by atoms with Crippen LogP contribution in [0, 0.1) is 5.92 Å². The Balaban J connectivity index is 0.000000221. The average molecular weight is 339 g/mol. The van der Waals surface area contributed by atoms with E-state index >= 15 is 0 Å². The van der Waals surface area contributed by atoms with Crippen molar-refractivity contribution in [3.8, 4) is 11.5 Å². The van der Waals surface area contributed by atoms with Gasteiger partial charge in [-0.05, 0) is 50.9 Å². The Morgan fingerprint density at radius 2 is 1.58 bits per heavy atom. The van der Waals surface area contributed by atoms with Crippen LogP contribution in [-0.2, 0) is 0 Å². The van der Waals surface area contributed by atoms with Gasteiger partial charge in [-0.1, -0.05) is 26.0 Å². The topological polar surface area (TPSA) is 62.2 Å². The first kappa shape index (κ1) is 20.7. The van der Waals surface area contributed by atoms with Crippen LogP contribution in [0.1, 0.15) is 39.5 Å². The maximum Gasteiger partial charge on any atom is 0.178 e. The quantitative estimate of drug-likeness (QED) is 0.811. The number of ether oxygens (including phenoxy) is 2. The van der Waals surface area contributed by atoms with Gasteiger partial charge < -0.3 is 19.7 Å². The molecular weight excluding hydrogens is 306 g/mol. The predicted octanol–water partition coefficient (Wildman–Crippen LogP) is 2.90. The maximum atomic E-state index is 9.73. The summed E-state index contributed by atoms with van der Waals surface area (Å²) in [6.07, 6.45) is 3.79. The van der Waals surface area contributed by atoms with E-state index in [9.17, 15) is 10.2 Å². The number of hydrogen-bond acceptors (Lipinski definition) is 5. The van der Waals surface area contributed by atoms with E-state index in [-0.39, 0.29) is 6.04 Å².